The molecule has 0 radical (unpaired) electrons. The van der Waals surface area contributed by atoms with Crippen LogP contribution in [0.15, 0.2) is 30.1 Å². The maximum atomic E-state index is 13.6. The number of benzene rings is 1. The van der Waals surface area contributed by atoms with Crippen LogP contribution in [0.25, 0.3) is 0 Å². The molecular weight excluding hydrogens is 259 g/mol. The third kappa shape index (κ3) is 3.12. The number of rotatable bonds is 3. The number of hydrogen-bond acceptors (Lipinski definition) is 4. The minimum atomic E-state index is -0.678. The van der Waals surface area contributed by atoms with Gasteiger partial charge in [-0.05, 0) is 12.1 Å². The van der Waals surface area contributed by atoms with Crippen LogP contribution in [0.5, 0.6) is 0 Å². The highest BCUT2D eigenvalue weighted by Crippen LogP contribution is 2.24. The Morgan fingerprint density at radius 2 is 2.06 bits per heavy atom. The van der Waals surface area contributed by atoms with Gasteiger partial charge >= 0.3 is 0 Å². The molecule has 0 saturated carbocycles. The Hall–Kier alpha value is -1.79. The van der Waals surface area contributed by atoms with Gasteiger partial charge in [-0.15, -0.1) is 0 Å². The summed E-state index contributed by atoms with van der Waals surface area (Å²) < 4.78 is 13.6. The zero-order chi connectivity index (χ0) is 13.9. The van der Waals surface area contributed by atoms with Crippen LogP contribution in [0, 0.1) is 5.82 Å². The lowest BCUT2D eigenvalue weighted by Gasteiger charge is -2.17. The van der Waals surface area contributed by atoms with Crippen LogP contribution in [-0.4, -0.2) is 24.9 Å². The monoisotopic (exact) mass is 272 g/mol. The summed E-state index contributed by atoms with van der Waals surface area (Å²) in [7, 11) is 3.09. The topological polar surface area (TPSA) is 75.6 Å². The van der Waals surface area contributed by atoms with Gasteiger partial charge in [-0.3, -0.25) is 9.80 Å². The van der Waals surface area contributed by atoms with Crippen molar-refractivity contribution in [2.75, 3.05) is 19.1 Å². The molecular formula is C11H14ClFN4O. The highest BCUT2D eigenvalue weighted by Gasteiger charge is 2.13. The lowest BCUT2D eigenvalue weighted by atomic mass is 10.3. The summed E-state index contributed by atoms with van der Waals surface area (Å²) in [5.74, 6) is 4.51. The van der Waals surface area contributed by atoms with Gasteiger partial charge in [0.05, 0.1) is 16.9 Å². The Balaban J connectivity index is 3.01. The molecule has 4 N–H and O–H groups in total. The van der Waals surface area contributed by atoms with Gasteiger partial charge in [-0.2, -0.15) is 0 Å². The molecule has 0 aliphatic carbocycles. The first kappa shape index (κ1) is 14.3. The largest absolute Gasteiger partial charge is 0.393 e. The number of nitrogens with two attached hydrogens (primary N) is 2. The zero-order valence-corrected chi connectivity index (χ0v) is 10.8. The normalized spacial score (nSPS) is 11.3. The van der Waals surface area contributed by atoms with Gasteiger partial charge in [-0.1, -0.05) is 17.7 Å². The van der Waals surface area contributed by atoms with Gasteiger partial charge < -0.3 is 10.6 Å². The Morgan fingerprint density at radius 1 is 1.44 bits per heavy atom. The maximum absolute atomic E-state index is 13.6. The van der Waals surface area contributed by atoms with Crippen molar-refractivity contribution in [2.45, 2.75) is 0 Å². The van der Waals surface area contributed by atoms with Crippen LogP contribution < -0.4 is 16.6 Å². The molecule has 1 aromatic rings. The van der Waals surface area contributed by atoms with Crippen molar-refractivity contribution >= 4 is 23.2 Å². The average molecular weight is 273 g/mol. The third-order valence-electron chi connectivity index (χ3n) is 2.14. The van der Waals surface area contributed by atoms with Gasteiger partial charge in [0, 0.05) is 14.1 Å². The van der Waals surface area contributed by atoms with E-state index < -0.39 is 11.7 Å². The van der Waals surface area contributed by atoms with E-state index in [9.17, 15) is 9.18 Å². The molecule has 0 aliphatic rings. The molecule has 0 unspecified atom stereocenters. The molecule has 98 valence electrons. The lowest BCUT2D eigenvalue weighted by Crippen LogP contribution is -2.32. The molecule has 5 nitrogen and oxygen atoms in total. The summed E-state index contributed by atoms with van der Waals surface area (Å²) in [6, 6.07) is 4.36. The zero-order valence-electron chi connectivity index (χ0n) is 10.0. The molecule has 0 aliphatic heterocycles. The number of anilines is 1. The molecule has 0 heterocycles. The molecule has 7 heteroatoms. The van der Waals surface area contributed by atoms with Crippen molar-refractivity contribution < 1.29 is 9.18 Å². The second kappa shape index (κ2) is 5.70. The average Bonchev–Trinajstić information content (AvgIpc) is 2.31. The number of carbonyl (C=O) groups excluding carboxylic acids is 1. The Bertz CT molecular complexity index is 490. The number of hydrazine groups is 1. The van der Waals surface area contributed by atoms with E-state index in [1.165, 1.54) is 17.0 Å². The first-order chi connectivity index (χ1) is 8.34. The number of hydrogen-bond donors (Lipinski definition) is 2. The number of nitrogens with zero attached hydrogens (tertiary/aromatic N) is 2. The fourth-order valence-electron chi connectivity index (χ4n) is 1.22. The quantitative estimate of drug-likeness (QED) is 0.490. The molecule has 0 spiro atoms. The van der Waals surface area contributed by atoms with Crippen molar-refractivity contribution in [3.63, 3.8) is 0 Å². The van der Waals surface area contributed by atoms with E-state index >= 15 is 0 Å². The van der Waals surface area contributed by atoms with Crippen molar-refractivity contribution in [1.29, 1.82) is 0 Å². The lowest BCUT2D eigenvalue weighted by molar-refractivity contribution is -0.124. The van der Waals surface area contributed by atoms with Crippen molar-refractivity contribution in [1.82, 2.24) is 4.90 Å². The third-order valence-corrected chi connectivity index (χ3v) is 2.43. The second-order valence-electron chi connectivity index (χ2n) is 3.76. The van der Waals surface area contributed by atoms with Crippen LogP contribution in [0.1, 0.15) is 0 Å². The molecule has 0 saturated heterocycles. The van der Waals surface area contributed by atoms with E-state index in [1.807, 2.05) is 0 Å². The van der Waals surface area contributed by atoms with Crippen molar-refractivity contribution in [2.24, 2.45) is 11.6 Å². The maximum Gasteiger partial charge on any atom is 0.270 e. The first-order valence-corrected chi connectivity index (χ1v) is 5.39. The smallest absolute Gasteiger partial charge is 0.270 e. The number of likely N-dealkylation sites (N-methyl/N-ethyl adjacent to an activating group) is 1. The minimum Gasteiger partial charge on any atom is -0.393 e. The summed E-state index contributed by atoms with van der Waals surface area (Å²) in [4.78, 5) is 12.8. The summed E-state index contributed by atoms with van der Waals surface area (Å²) >= 11 is 5.62. The van der Waals surface area contributed by atoms with Gasteiger partial charge in [0.15, 0.2) is 5.82 Å². The van der Waals surface area contributed by atoms with Gasteiger partial charge in [0.2, 0.25) is 0 Å². The Morgan fingerprint density at radius 3 is 2.61 bits per heavy atom. The molecule has 1 rings (SSSR count). The van der Waals surface area contributed by atoms with E-state index in [0.717, 1.165) is 11.2 Å². The molecule has 1 aromatic carbocycles. The van der Waals surface area contributed by atoms with Gasteiger partial charge in [-0.25, -0.2) is 10.2 Å². The number of halogens is 2. The van der Waals surface area contributed by atoms with Gasteiger partial charge in [0.1, 0.15) is 5.70 Å². The molecule has 0 aromatic heterocycles. The Labute approximate surface area is 109 Å². The van der Waals surface area contributed by atoms with Crippen LogP contribution in [-0.2, 0) is 4.79 Å². The summed E-state index contributed by atoms with van der Waals surface area (Å²) in [5, 5.41) is 0.853. The standard InChI is InChI=1S/C11H14ClFN4O/c1-16(2)11(18)8(14)6-17(15)9-5-3-4-7(12)10(9)13/h3-6H,14-15H2,1-2H3/b8-6-. The van der Waals surface area contributed by atoms with E-state index in [1.54, 1.807) is 20.2 Å². The highest BCUT2D eigenvalue weighted by molar-refractivity contribution is 6.31. The summed E-state index contributed by atoms with van der Waals surface area (Å²) in [5.41, 5.74) is 5.45. The highest BCUT2D eigenvalue weighted by atomic mass is 35.5. The van der Waals surface area contributed by atoms with Crippen LogP contribution in [0.2, 0.25) is 5.02 Å². The van der Waals surface area contributed by atoms with E-state index in [4.69, 9.17) is 23.2 Å². The second-order valence-corrected chi connectivity index (χ2v) is 4.17. The fraction of sp³-hybridized carbons (Fsp3) is 0.182. The molecule has 1 amide bonds. The summed E-state index contributed by atoms with van der Waals surface area (Å²) in [6.07, 6.45) is 1.14. The molecule has 0 bridgehead atoms. The first-order valence-electron chi connectivity index (χ1n) is 5.01. The molecule has 0 atom stereocenters. The molecule has 0 fully saturated rings. The van der Waals surface area contributed by atoms with E-state index in [2.05, 4.69) is 0 Å². The van der Waals surface area contributed by atoms with Gasteiger partial charge in [0.25, 0.3) is 5.91 Å². The SMILES string of the molecule is CN(C)C(=O)/C(N)=C/N(N)c1cccc(Cl)c1F. The van der Waals surface area contributed by atoms with E-state index in [-0.39, 0.29) is 16.4 Å². The summed E-state index contributed by atoms with van der Waals surface area (Å²) in [6.45, 7) is 0. The van der Waals surface area contributed by atoms with Crippen molar-refractivity contribution in [3.8, 4) is 0 Å². The van der Waals surface area contributed by atoms with Crippen molar-refractivity contribution in [3.05, 3.63) is 40.9 Å². The molecule has 18 heavy (non-hydrogen) atoms. The Kier molecular flexibility index (Phi) is 4.52. The minimum absolute atomic E-state index is 0.0250. The fourth-order valence-corrected chi connectivity index (χ4v) is 1.39. The number of carbonyl (C=O) groups is 1. The van der Waals surface area contributed by atoms with Crippen LogP contribution in [0.4, 0.5) is 10.1 Å². The van der Waals surface area contributed by atoms with E-state index in [0.29, 0.717) is 0 Å². The van der Waals surface area contributed by atoms with Crippen LogP contribution in [0.3, 0.4) is 0 Å². The van der Waals surface area contributed by atoms with Crippen LogP contribution >= 0.6 is 11.6 Å². The number of amides is 1. The predicted molar refractivity (Wildman–Crippen MR) is 69.0 cm³/mol. The predicted octanol–water partition coefficient (Wildman–Crippen LogP) is 1.05.